The van der Waals surface area contributed by atoms with Crippen molar-refractivity contribution in [3.63, 3.8) is 0 Å². The molecule has 1 heteroatoms. The van der Waals surface area contributed by atoms with Crippen LogP contribution in [0.25, 0.3) is 10.9 Å². The van der Waals surface area contributed by atoms with Crippen LogP contribution in [0.15, 0.2) is 30.5 Å². The minimum absolute atomic E-state index is 0.187. The van der Waals surface area contributed by atoms with Crippen LogP contribution in [0.2, 0.25) is 0 Å². The van der Waals surface area contributed by atoms with Gasteiger partial charge in [0.1, 0.15) is 0 Å². The molecule has 0 spiro atoms. The third-order valence-electron chi connectivity index (χ3n) is 3.24. The number of benzene rings is 1. The van der Waals surface area contributed by atoms with Gasteiger partial charge in [-0.3, -0.25) is 4.98 Å². The number of rotatable bonds is 1. The first-order valence-electron chi connectivity index (χ1n) is 6.28. The van der Waals surface area contributed by atoms with E-state index in [-0.39, 0.29) is 5.41 Å². The zero-order chi connectivity index (χ0) is 12.6. The summed E-state index contributed by atoms with van der Waals surface area (Å²) in [5.41, 5.74) is 3.93. The Labute approximate surface area is 104 Å². The van der Waals surface area contributed by atoms with Crippen molar-refractivity contribution in [2.24, 2.45) is 0 Å². The third-order valence-corrected chi connectivity index (χ3v) is 3.24. The lowest BCUT2D eigenvalue weighted by Crippen LogP contribution is -2.10. The molecule has 0 radical (unpaired) electrons. The van der Waals surface area contributed by atoms with Gasteiger partial charge in [-0.1, -0.05) is 46.8 Å². The average Bonchev–Trinajstić information content (AvgIpc) is 2.26. The SMILES string of the molecule is CC(C)c1cnc2cc(C(C)(C)C)ccc2c1. The predicted octanol–water partition coefficient (Wildman–Crippen LogP) is 4.66. The highest BCUT2D eigenvalue weighted by Gasteiger charge is 2.14. The molecule has 0 fully saturated rings. The number of nitrogens with zero attached hydrogens (tertiary/aromatic N) is 1. The van der Waals surface area contributed by atoms with Gasteiger partial charge in [-0.25, -0.2) is 0 Å². The van der Waals surface area contributed by atoms with Crippen molar-refractivity contribution in [2.45, 2.75) is 46.0 Å². The van der Waals surface area contributed by atoms with Gasteiger partial charge in [0.25, 0.3) is 0 Å². The summed E-state index contributed by atoms with van der Waals surface area (Å²) in [6, 6.07) is 8.86. The van der Waals surface area contributed by atoms with Crippen LogP contribution in [0.1, 0.15) is 51.7 Å². The van der Waals surface area contributed by atoms with E-state index in [9.17, 15) is 0 Å². The van der Waals surface area contributed by atoms with Crippen LogP contribution in [-0.2, 0) is 5.41 Å². The highest BCUT2D eigenvalue weighted by Crippen LogP contribution is 2.26. The molecule has 2 rings (SSSR count). The lowest BCUT2D eigenvalue weighted by molar-refractivity contribution is 0.591. The first-order valence-corrected chi connectivity index (χ1v) is 6.28. The van der Waals surface area contributed by atoms with Crippen LogP contribution in [0.3, 0.4) is 0 Å². The lowest BCUT2D eigenvalue weighted by Gasteiger charge is -2.19. The fraction of sp³-hybridized carbons (Fsp3) is 0.438. The smallest absolute Gasteiger partial charge is 0.0705 e. The fourth-order valence-electron chi connectivity index (χ4n) is 1.92. The summed E-state index contributed by atoms with van der Waals surface area (Å²) in [6.07, 6.45) is 2.00. The summed E-state index contributed by atoms with van der Waals surface area (Å²) >= 11 is 0. The molecular weight excluding hydrogens is 206 g/mol. The quantitative estimate of drug-likeness (QED) is 0.690. The Balaban J connectivity index is 2.54. The Morgan fingerprint density at radius 2 is 1.76 bits per heavy atom. The van der Waals surface area contributed by atoms with E-state index in [2.05, 4.69) is 63.9 Å². The molecule has 0 saturated heterocycles. The molecule has 17 heavy (non-hydrogen) atoms. The summed E-state index contributed by atoms with van der Waals surface area (Å²) in [5.74, 6) is 0.536. The van der Waals surface area contributed by atoms with Crippen molar-refractivity contribution in [2.75, 3.05) is 0 Å². The molecule has 1 nitrogen and oxygen atoms in total. The van der Waals surface area contributed by atoms with Crippen LogP contribution in [0, 0.1) is 0 Å². The Morgan fingerprint density at radius 3 is 2.35 bits per heavy atom. The molecule has 2 aromatic rings. The van der Waals surface area contributed by atoms with Crippen molar-refractivity contribution in [3.05, 3.63) is 41.6 Å². The van der Waals surface area contributed by atoms with Crippen LogP contribution in [0.5, 0.6) is 0 Å². The van der Waals surface area contributed by atoms with E-state index in [1.54, 1.807) is 0 Å². The highest BCUT2D eigenvalue weighted by atomic mass is 14.7. The number of hydrogen-bond acceptors (Lipinski definition) is 1. The highest BCUT2D eigenvalue weighted by molar-refractivity contribution is 5.80. The van der Waals surface area contributed by atoms with Gasteiger partial charge in [0.05, 0.1) is 5.52 Å². The Bertz CT molecular complexity index is 533. The van der Waals surface area contributed by atoms with Crippen LogP contribution in [-0.4, -0.2) is 4.98 Å². The van der Waals surface area contributed by atoms with E-state index in [0.29, 0.717) is 5.92 Å². The molecule has 0 N–H and O–H groups in total. The topological polar surface area (TPSA) is 12.9 Å². The van der Waals surface area contributed by atoms with Gasteiger partial charge in [0.2, 0.25) is 0 Å². The van der Waals surface area contributed by atoms with Gasteiger partial charge < -0.3 is 0 Å². The summed E-state index contributed by atoms with van der Waals surface area (Å²) in [4.78, 5) is 4.58. The largest absolute Gasteiger partial charge is 0.256 e. The van der Waals surface area contributed by atoms with Crippen molar-refractivity contribution < 1.29 is 0 Å². The van der Waals surface area contributed by atoms with E-state index < -0.39 is 0 Å². The maximum absolute atomic E-state index is 4.58. The molecule has 0 saturated carbocycles. The number of pyridine rings is 1. The van der Waals surface area contributed by atoms with Crippen molar-refractivity contribution in [3.8, 4) is 0 Å². The summed E-state index contributed by atoms with van der Waals surface area (Å²) in [7, 11) is 0. The summed E-state index contributed by atoms with van der Waals surface area (Å²) < 4.78 is 0. The van der Waals surface area contributed by atoms with Gasteiger partial charge in [0, 0.05) is 11.6 Å². The normalized spacial score (nSPS) is 12.4. The Morgan fingerprint density at radius 1 is 1.06 bits per heavy atom. The molecule has 0 unspecified atom stereocenters. The van der Waals surface area contributed by atoms with Crippen LogP contribution < -0.4 is 0 Å². The molecule has 0 aliphatic heterocycles. The molecule has 0 atom stereocenters. The predicted molar refractivity (Wildman–Crippen MR) is 74.5 cm³/mol. The average molecular weight is 227 g/mol. The maximum Gasteiger partial charge on any atom is 0.0705 e. The van der Waals surface area contributed by atoms with Crippen LogP contribution >= 0.6 is 0 Å². The molecule has 0 aliphatic rings. The van der Waals surface area contributed by atoms with Gasteiger partial charge in [0.15, 0.2) is 0 Å². The van der Waals surface area contributed by atoms with E-state index >= 15 is 0 Å². The van der Waals surface area contributed by atoms with Gasteiger partial charge in [-0.2, -0.15) is 0 Å². The maximum atomic E-state index is 4.58. The van der Waals surface area contributed by atoms with Crippen molar-refractivity contribution in [1.29, 1.82) is 0 Å². The molecule has 1 heterocycles. The zero-order valence-electron chi connectivity index (χ0n) is 11.4. The first-order chi connectivity index (χ1) is 7.88. The summed E-state index contributed by atoms with van der Waals surface area (Å²) in [6.45, 7) is 11.1. The molecular formula is C16H21N. The lowest BCUT2D eigenvalue weighted by atomic mass is 9.86. The number of aromatic nitrogens is 1. The molecule has 0 bridgehead atoms. The van der Waals surface area contributed by atoms with Crippen molar-refractivity contribution in [1.82, 2.24) is 4.98 Å². The van der Waals surface area contributed by atoms with E-state index in [1.807, 2.05) is 6.20 Å². The fourth-order valence-corrected chi connectivity index (χ4v) is 1.92. The molecule has 0 aliphatic carbocycles. The Kier molecular flexibility index (Phi) is 2.94. The van der Waals surface area contributed by atoms with Gasteiger partial charge in [-0.05, 0) is 34.6 Å². The molecule has 1 aromatic heterocycles. The Hall–Kier alpha value is -1.37. The summed E-state index contributed by atoms with van der Waals surface area (Å²) in [5, 5.41) is 1.24. The van der Waals surface area contributed by atoms with Crippen molar-refractivity contribution >= 4 is 10.9 Å². The van der Waals surface area contributed by atoms with E-state index in [0.717, 1.165) is 5.52 Å². The minimum atomic E-state index is 0.187. The van der Waals surface area contributed by atoms with E-state index in [1.165, 1.54) is 16.5 Å². The molecule has 0 amide bonds. The van der Waals surface area contributed by atoms with Crippen LogP contribution in [0.4, 0.5) is 0 Å². The number of fused-ring (bicyclic) bond motifs is 1. The standard InChI is InChI=1S/C16H21N/c1-11(2)13-8-12-6-7-14(16(3,4)5)9-15(12)17-10-13/h6-11H,1-5H3. The van der Waals surface area contributed by atoms with E-state index in [4.69, 9.17) is 0 Å². The number of hydrogen-bond donors (Lipinski definition) is 0. The molecule has 1 aromatic carbocycles. The van der Waals surface area contributed by atoms with Gasteiger partial charge in [-0.15, -0.1) is 0 Å². The second-order valence-electron chi connectivity index (χ2n) is 6.08. The monoisotopic (exact) mass is 227 g/mol. The zero-order valence-corrected chi connectivity index (χ0v) is 11.4. The first kappa shape index (κ1) is 12.1. The van der Waals surface area contributed by atoms with Gasteiger partial charge >= 0.3 is 0 Å². The molecule has 90 valence electrons. The third kappa shape index (κ3) is 2.49. The second kappa shape index (κ2) is 4.14. The second-order valence-corrected chi connectivity index (χ2v) is 6.08. The minimum Gasteiger partial charge on any atom is -0.256 e.